The van der Waals surface area contributed by atoms with Gasteiger partial charge in [-0.05, 0) is 13.3 Å². The Morgan fingerprint density at radius 3 is 1.67 bits per heavy atom. The van der Waals surface area contributed by atoms with Crippen molar-refractivity contribution in [2.75, 3.05) is 0 Å². The van der Waals surface area contributed by atoms with Crippen LogP contribution >= 0.6 is 18.1 Å². The van der Waals surface area contributed by atoms with Crippen molar-refractivity contribution >= 4 is 36.3 Å². The minimum atomic E-state index is -0.639. The van der Waals surface area contributed by atoms with Gasteiger partial charge in [-0.15, -0.1) is 0 Å². The molecule has 6 heavy (non-hydrogen) atoms. The molecule has 0 aliphatic carbocycles. The maximum Gasteiger partial charge on any atom is 0.618 e. The number of hydrogen-bond acceptors (Lipinski definition) is 0. The Morgan fingerprint density at radius 2 is 1.67 bits per heavy atom. The van der Waals surface area contributed by atoms with Gasteiger partial charge < -0.3 is 18.1 Å². The monoisotopic (exact) mass is 133 g/mol. The summed E-state index contributed by atoms with van der Waals surface area (Å²) < 4.78 is 0. The Kier molecular flexibility index (Phi) is 28.1. The van der Waals surface area contributed by atoms with Crippen molar-refractivity contribution in [1.29, 1.82) is 0 Å². The fourth-order valence-electron chi connectivity index (χ4n) is 0. The minimum Gasteiger partial charge on any atom is -0.309 e. The van der Waals surface area contributed by atoms with E-state index in [1.807, 2.05) is 5.92 Å². The van der Waals surface area contributed by atoms with Crippen LogP contribution in [0.1, 0.15) is 6.92 Å². The van der Waals surface area contributed by atoms with Crippen LogP contribution in [-0.2, 0) is 0 Å². The molecule has 0 saturated carbocycles. The maximum atomic E-state index is 5.96. The molecule has 0 aromatic rings. The molecule has 0 aromatic carbocycles. The van der Waals surface area contributed by atoms with Crippen molar-refractivity contribution in [2.45, 2.75) is 6.92 Å². The van der Waals surface area contributed by atoms with Gasteiger partial charge in [-0.2, -0.15) is 0 Å². The lowest BCUT2D eigenvalue weighted by Crippen LogP contribution is -1.36. The lowest BCUT2D eigenvalue weighted by Gasteiger charge is -1.33. The molecular weight excluding hydrogens is 131 g/mol. The third kappa shape index (κ3) is 91.2. The SMILES string of the molecule is [C]#CC.[Cl][Mg][Cl]. The summed E-state index contributed by atoms with van der Waals surface area (Å²) in [5.41, 5.74) is 0. The van der Waals surface area contributed by atoms with Crippen LogP contribution in [0.2, 0.25) is 0 Å². The van der Waals surface area contributed by atoms with E-state index in [0.717, 1.165) is 0 Å². The van der Waals surface area contributed by atoms with Crippen LogP contribution in [0.4, 0.5) is 0 Å². The Balaban J connectivity index is 0. The van der Waals surface area contributed by atoms with Crippen LogP contribution in [0.5, 0.6) is 0 Å². The molecule has 0 nitrogen and oxygen atoms in total. The van der Waals surface area contributed by atoms with Crippen LogP contribution in [-0.4, -0.2) is 18.2 Å². The average molecular weight is 134 g/mol. The molecule has 0 aliphatic rings. The van der Waals surface area contributed by atoms with Gasteiger partial charge in [0.25, 0.3) is 0 Å². The van der Waals surface area contributed by atoms with Gasteiger partial charge in [0.1, 0.15) is 0 Å². The first kappa shape index (κ1) is 10.0. The van der Waals surface area contributed by atoms with Crippen molar-refractivity contribution in [3.05, 3.63) is 6.42 Å². The number of halogens is 2. The molecule has 1 radical (unpaired) electrons. The minimum absolute atomic E-state index is 0.639. The van der Waals surface area contributed by atoms with Crippen LogP contribution in [0.25, 0.3) is 0 Å². The van der Waals surface area contributed by atoms with Crippen LogP contribution < -0.4 is 0 Å². The molecule has 0 fully saturated rings. The second kappa shape index (κ2) is 16.8. The Bertz CT molecular complexity index is 38.5. The molecule has 0 rings (SSSR count). The van der Waals surface area contributed by atoms with Gasteiger partial charge >= 0.3 is 18.2 Å². The van der Waals surface area contributed by atoms with E-state index in [0.29, 0.717) is 0 Å². The third-order valence-corrected chi connectivity index (χ3v) is 0. The summed E-state index contributed by atoms with van der Waals surface area (Å²) in [4.78, 5) is 0. The zero-order valence-electron chi connectivity index (χ0n) is 3.46. The Morgan fingerprint density at radius 1 is 1.67 bits per heavy atom. The Hall–Kier alpha value is 0.906. The highest BCUT2D eigenvalue weighted by Gasteiger charge is 1.64. The zero-order valence-corrected chi connectivity index (χ0v) is 6.39. The van der Waals surface area contributed by atoms with E-state index >= 15 is 0 Å². The van der Waals surface area contributed by atoms with Crippen molar-refractivity contribution in [3.63, 3.8) is 0 Å². The van der Waals surface area contributed by atoms with Crippen LogP contribution in [0.3, 0.4) is 0 Å². The maximum absolute atomic E-state index is 5.96. The molecule has 3 heteroatoms. The highest BCUT2D eigenvalue weighted by atomic mass is 35.6. The van der Waals surface area contributed by atoms with E-state index in [1.165, 1.54) is 0 Å². The fourth-order valence-corrected chi connectivity index (χ4v) is 0. The van der Waals surface area contributed by atoms with E-state index in [1.54, 1.807) is 6.92 Å². The predicted octanol–water partition coefficient (Wildman–Crippen LogP) is 1.59. The fraction of sp³-hybridized carbons (Fsp3) is 0.333. The van der Waals surface area contributed by atoms with E-state index < -0.39 is 18.2 Å². The topological polar surface area (TPSA) is 0 Å². The molecule has 31 valence electrons. The number of hydrogen-bond donors (Lipinski definition) is 0. The van der Waals surface area contributed by atoms with Gasteiger partial charge in [-0.1, -0.05) is 5.92 Å². The summed E-state index contributed by atoms with van der Waals surface area (Å²) in [6, 6.07) is 0. The van der Waals surface area contributed by atoms with Gasteiger partial charge in [-0.3, -0.25) is 0 Å². The second-order valence-electron chi connectivity index (χ2n) is 0.351. The first-order chi connectivity index (χ1) is 2.83. The van der Waals surface area contributed by atoms with E-state index in [4.69, 9.17) is 24.6 Å². The predicted molar refractivity (Wildman–Crippen MR) is 30.3 cm³/mol. The summed E-state index contributed by atoms with van der Waals surface area (Å²) in [7, 11) is 9.81. The first-order valence-corrected chi connectivity index (χ1v) is 5.56. The van der Waals surface area contributed by atoms with E-state index in [9.17, 15) is 0 Å². The van der Waals surface area contributed by atoms with Gasteiger partial charge in [0.05, 0.1) is 0 Å². The molecule has 0 amide bonds. The second-order valence-corrected chi connectivity index (χ2v) is 2.98. The molecule has 0 aliphatic heterocycles. The molecule has 0 aromatic heterocycles. The summed E-state index contributed by atoms with van der Waals surface area (Å²) in [5, 5.41) is 0. The van der Waals surface area contributed by atoms with Gasteiger partial charge in [-0.25, -0.2) is 0 Å². The molecule has 0 unspecified atom stereocenters. The van der Waals surface area contributed by atoms with Crippen molar-refractivity contribution < 1.29 is 0 Å². The number of rotatable bonds is 0. The van der Waals surface area contributed by atoms with Crippen molar-refractivity contribution in [2.24, 2.45) is 0 Å². The largest absolute Gasteiger partial charge is 0.618 e. The molecule has 0 bridgehead atoms. The van der Waals surface area contributed by atoms with Crippen LogP contribution in [0, 0.1) is 12.3 Å². The lowest BCUT2D eigenvalue weighted by atomic mass is 10.9. The van der Waals surface area contributed by atoms with Gasteiger partial charge in [0.15, 0.2) is 0 Å². The summed E-state index contributed by atoms with van der Waals surface area (Å²) in [5.74, 6) is 2.00. The summed E-state index contributed by atoms with van der Waals surface area (Å²) in [6.45, 7) is 1.54. The zero-order chi connectivity index (χ0) is 5.41. The van der Waals surface area contributed by atoms with Crippen molar-refractivity contribution in [1.82, 2.24) is 0 Å². The lowest BCUT2D eigenvalue weighted by molar-refractivity contribution is 1.92. The van der Waals surface area contributed by atoms with Crippen LogP contribution in [0.15, 0.2) is 0 Å². The highest BCUT2D eigenvalue weighted by Crippen LogP contribution is 1.67. The smallest absolute Gasteiger partial charge is 0.309 e. The summed E-state index contributed by atoms with van der Waals surface area (Å²) in [6.07, 6.45) is 5.96. The molecule has 0 heterocycles. The van der Waals surface area contributed by atoms with Gasteiger partial charge in [0, 0.05) is 0 Å². The first-order valence-electron chi connectivity index (χ1n) is 1.28. The molecular formula is C3H3Cl2Mg. The van der Waals surface area contributed by atoms with Crippen molar-refractivity contribution in [3.8, 4) is 5.92 Å². The molecule has 0 atom stereocenters. The average Bonchev–Trinajstić information content (AvgIpc) is 1.39. The molecule has 0 spiro atoms. The van der Waals surface area contributed by atoms with Gasteiger partial charge in [0.2, 0.25) is 0 Å². The normalized spacial score (nSPS) is 3.00. The standard InChI is InChI=1S/C3H3.2ClH.Mg/c1-3-2;;;/h1H3;2*1H;/q;;;+2/p-2. The highest BCUT2D eigenvalue weighted by molar-refractivity contribution is 7.22. The molecule has 0 saturated heterocycles. The van der Waals surface area contributed by atoms with E-state index in [-0.39, 0.29) is 0 Å². The third-order valence-electron chi connectivity index (χ3n) is 0. The quantitative estimate of drug-likeness (QED) is 0.349. The Labute approximate surface area is 55.5 Å². The summed E-state index contributed by atoms with van der Waals surface area (Å²) >= 11 is -0.639. The van der Waals surface area contributed by atoms with E-state index in [2.05, 4.69) is 0 Å². The molecule has 0 N–H and O–H groups in total.